The molecule has 2 heterocycles. The van der Waals surface area contributed by atoms with E-state index in [0.29, 0.717) is 15.5 Å². The number of rotatable bonds is 2. The molecule has 0 fully saturated rings. The number of halogens is 2. The van der Waals surface area contributed by atoms with Crippen LogP contribution in [0.15, 0.2) is 56.5 Å². The Morgan fingerprint density at radius 2 is 1.95 bits per heavy atom. The van der Waals surface area contributed by atoms with Crippen LogP contribution in [0.1, 0.15) is 5.56 Å². The maximum atomic E-state index is 12.1. The Balaban J connectivity index is 2.11. The first-order valence-corrected chi connectivity index (χ1v) is 7.49. The fourth-order valence-corrected chi connectivity index (χ4v) is 2.58. The number of hydrogen-bond donors (Lipinski definition) is 0. The normalized spacial score (nSPS) is 10.9. The zero-order chi connectivity index (χ0) is 14.1. The summed E-state index contributed by atoms with van der Waals surface area (Å²) in [5.74, 6) is 0. The smallest absolute Gasteiger partial charge is 0.266 e. The molecule has 0 aliphatic carbocycles. The van der Waals surface area contributed by atoms with Crippen molar-refractivity contribution in [3.05, 3.63) is 67.6 Å². The fourth-order valence-electron chi connectivity index (χ4n) is 2.01. The lowest BCUT2D eigenvalue weighted by molar-refractivity contribution is 0.635. The molecule has 0 amide bonds. The van der Waals surface area contributed by atoms with Crippen molar-refractivity contribution in [3.8, 4) is 0 Å². The van der Waals surface area contributed by atoms with Crippen LogP contribution < -0.4 is 5.56 Å². The lowest BCUT2D eigenvalue weighted by Gasteiger charge is -2.08. The molecule has 4 nitrogen and oxygen atoms in total. The Bertz CT molecular complexity index is 840. The maximum Gasteiger partial charge on any atom is 0.282 e. The van der Waals surface area contributed by atoms with Crippen LogP contribution in [0.2, 0.25) is 0 Å². The molecule has 1 aromatic carbocycles. The highest BCUT2D eigenvalue weighted by Gasteiger charge is 2.09. The number of benzene rings is 1. The maximum absolute atomic E-state index is 12.1. The molecule has 2 aromatic heterocycles. The third kappa shape index (κ3) is 2.41. The van der Waals surface area contributed by atoms with Gasteiger partial charge in [0.05, 0.1) is 22.7 Å². The molecule has 20 heavy (non-hydrogen) atoms. The molecule has 0 bridgehead atoms. The first-order chi connectivity index (χ1) is 9.66. The van der Waals surface area contributed by atoms with Gasteiger partial charge in [0.25, 0.3) is 5.56 Å². The van der Waals surface area contributed by atoms with Crippen LogP contribution in [-0.4, -0.2) is 14.8 Å². The summed E-state index contributed by atoms with van der Waals surface area (Å²) in [6.07, 6.45) is 3.35. The third-order valence-electron chi connectivity index (χ3n) is 2.98. The molecule has 0 atom stereocenters. The molecule has 0 unspecified atom stereocenters. The van der Waals surface area contributed by atoms with Crippen LogP contribution in [-0.2, 0) is 6.54 Å². The zero-order valence-corrected chi connectivity index (χ0v) is 13.4. The van der Waals surface area contributed by atoms with E-state index in [1.807, 2.05) is 30.3 Å². The summed E-state index contributed by atoms with van der Waals surface area (Å²) < 4.78 is 2.54. The lowest BCUT2D eigenvalue weighted by Crippen LogP contribution is -2.24. The predicted molar refractivity (Wildman–Crippen MR) is 84.7 cm³/mol. The minimum absolute atomic E-state index is 0.174. The second kappa shape index (κ2) is 5.46. The quantitative estimate of drug-likeness (QED) is 0.669. The van der Waals surface area contributed by atoms with E-state index in [1.165, 1.54) is 4.68 Å². The number of para-hydroxylation sites is 1. The first-order valence-electron chi connectivity index (χ1n) is 5.90. The fraction of sp³-hybridized carbons (Fsp3) is 0.0714. The highest BCUT2D eigenvalue weighted by molar-refractivity contribution is 9.13. The van der Waals surface area contributed by atoms with Gasteiger partial charge in [0.2, 0.25) is 0 Å². The molecule has 3 rings (SSSR count). The predicted octanol–water partition coefficient (Wildman–Crippen LogP) is 3.36. The summed E-state index contributed by atoms with van der Waals surface area (Å²) in [7, 11) is 0. The van der Waals surface area contributed by atoms with E-state index < -0.39 is 0 Å². The van der Waals surface area contributed by atoms with Gasteiger partial charge in [-0.15, -0.1) is 0 Å². The molecule has 0 N–H and O–H groups in total. The third-order valence-corrected chi connectivity index (χ3v) is 4.88. The van der Waals surface area contributed by atoms with Crippen LogP contribution in [0.3, 0.4) is 0 Å². The molecule has 0 spiro atoms. The molecular formula is C14H9Br2N3O. The van der Waals surface area contributed by atoms with Crippen molar-refractivity contribution in [1.82, 2.24) is 14.8 Å². The van der Waals surface area contributed by atoms with E-state index in [9.17, 15) is 4.79 Å². The summed E-state index contributed by atoms with van der Waals surface area (Å²) in [6, 6.07) is 9.81. The number of hydrogen-bond acceptors (Lipinski definition) is 3. The van der Waals surface area contributed by atoms with Crippen LogP contribution in [0.5, 0.6) is 0 Å². The average molecular weight is 395 g/mol. The van der Waals surface area contributed by atoms with Gasteiger partial charge in [0.15, 0.2) is 0 Å². The summed E-state index contributed by atoms with van der Waals surface area (Å²) in [6.45, 7) is 0.388. The molecule has 100 valence electrons. The number of nitrogens with zero attached hydrogens (tertiary/aromatic N) is 3. The van der Waals surface area contributed by atoms with Gasteiger partial charge in [-0.05, 0) is 43.5 Å². The van der Waals surface area contributed by atoms with Crippen molar-refractivity contribution in [3.63, 3.8) is 0 Å². The molecule has 6 heteroatoms. The molecule has 0 aliphatic rings. The minimum atomic E-state index is -0.174. The Hall–Kier alpha value is -1.53. The molecule has 3 aromatic rings. The van der Waals surface area contributed by atoms with E-state index in [1.54, 1.807) is 12.4 Å². The minimum Gasteiger partial charge on any atom is -0.266 e. The topological polar surface area (TPSA) is 47.8 Å². The van der Waals surface area contributed by atoms with Crippen molar-refractivity contribution in [1.29, 1.82) is 0 Å². The van der Waals surface area contributed by atoms with Gasteiger partial charge in [-0.25, -0.2) is 4.68 Å². The van der Waals surface area contributed by atoms with Crippen molar-refractivity contribution >= 4 is 42.8 Å². The number of fused-ring (bicyclic) bond motifs is 1. The largest absolute Gasteiger partial charge is 0.282 e. The van der Waals surface area contributed by atoms with Crippen LogP contribution in [0.4, 0.5) is 0 Å². The van der Waals surface area contributed by atoms with E-state index in [4.69, 9.17) is 0 Å². The van der Waals surface area contributed by atoms with Gasteiger partial charge in [-0.2, -0.15) is 5.10 Å². The van der Waals surface area contributed by atoms with Crippen molar-refractivity contribution in [2.24, 2.45) is 0 Å². The Kier molecular flexibility index (Phi) is 3.67. The molecule has 0 saturated carbocycles. The Morgan fingerprint density at radius 3 is 2.80 bits per heavy atom. The van der Waals surface area contributed by atoms with Gasteiger partial charge >= 0.3 is 0 Å². The highest BCUT2D eigenvalue weighted by atomic mass is 79.9. The van der Waals surface area contributed by atoms with Gasteiger partial charge in [-0.3, -0.25) is 9.78 Å². The first kappa shape index (κ1) is 13.5. The van der Waals surface area contributed by atoms with Gasteiger partial charge in [0.1, 0.15) is 4.47 Å². The molecule has 0 aliphatic heterocycles. The Morgan fingerprint density at radius 1 is 1.15 bits per heavy atom. The zero-order valence-electron chi connectivity index (χ0n) is 10.3. The summed E-state index contributed by atoms with van der Waals surface area (Å²) in [5.41, 5.74) is 1.68. The second-order valence-corrected chi connectivity index (χ2v) is 5.91. The van der Waals surface area contributed by atoms with E-state index in [-0.39, 0.29) is 5.56 Å². The lowest BCUT2D eigenvalue weighted by atomic mass is 10.1. The van der Waals surface area contributed by atoms with Crippen molar-refractivity contribution in [2.75, 3.05) is 0 Å². The highest BCUT2D eigenvalue weighted by Crippen LogP contribution is 2.19. The van der Waals surface area contributed by atoms with Gasteiger partial charge in [-0.1, -0.05) is 24.3 Å². The Labute approximate surface area is 131 Å². The SMILES string of the molecule is O=c1c(Br)c(Br)cnn1Cc1cccc2cccnc12. The van der Waals surface area contributed by atoms with Crippen molar-refractivity contribution < 1.29 is 0 Å². The number of aromatic nitrogens is 3. The van der Waals surface area contributed by atoms with E-state index >= 15 is 0 Å². The monoisotopic (exact) mass is 393 g/mol. The molecular weight excluding hydrogens is 386 g/mol. The van der Waals surface area contributed by atoms with Crippen LogP contribution in [0.25, 0.3) is 10.9 Å². The summed E-state index contributed by atoms with van der Waals surface area (Å²) >= 11 is 6.53. The van der Waals surface area contributed by atoms with Gasteiger partial charge < -0.3 is 0 Å². The van der Waals surface area contributed by atoms with Gasteiger partial charge in [0, 0.05) is 11.6 Å². The van der Waals surface area contributed by atoms with Crippen molar-refractivity contribution in [2.45, 2.75) is 6.54 Å². The molecule has 0 radical (unpaired) electrons. The average Bonchev–Trinajstić information content (AvgIpc) is 2.48. The summed E-state index contributed by atoms with van der Waals surface area (Å²) in [5, 5.41) is 5.19. The second-order valence-electron chi connectivity index (χ2n) is 4.26. The van der Waals surface area contributed by atoms with E-state index in [0.717, 1.165) is 16.5 Å². The molecule has 0 saturated heterocycles. The summed E-state index contributed by atoms with van der Waals surface area (Å²) in [4.78, 5) is 16.5. The van der Waals surface area contributed by atoms with Crippen LogP contribution in [0, 0.1) is 0 Å². The van der Waals surface area contributed by atoms with E-state index in [2.05, 4.69) is 41.9 Å². The van der Waals surface area contributed by atoms with Crippen LogP contribution >= 0.6 is 31.9 Å². The number of pyridine rings is 1. The standard InChI is InChI=1S/C14H9Br2N3O/c15-11-7-18-19(14(20)12(11)16)8-10-4-1-3-9-5-2-6-17-13(9)10/h1-7H,8H2.